The summed E-state index contributed by atoms with van der Waals surface area (Å²) in [7, 11) is 3.27. The van der Waals surface area contributed by atoms with Crippen LogP contribution in [0.2, 0.25) is 0 Å². The van der Waals surface area contributed by atoms with Gasteiger partial charge in [0.2, 0.25) is 0 Å². The van der Waals surface area contributed by atoms with E-state index in [2.05, 4.69) is 10.9 Å². The lowest BCUT2D eigenvalue weighted by molar-refractivity contribution is -0.121. The number of benzene rings is 2. The molecule has 1 amide bonds. The number of para-hydroxylation sites is 2. The minimum Gasteiger partial charge on any atom is -0.493 e. The normalized spacial score (nSPS) is 16.6. The van der Waals surface area contributed by atoms with E-state index in [0.29, 0.717) is 21.6 Å². The number of hydrogen-bond donors (Lipinski definition) is 0. The standard InChI is InChI=1S/C21H18N2O3S/c1-4-13-26-19-15(9-8-12-17(19)25-3)14-18-20(24)23(2)21(27-18)22-16-10-6-5-7-11-16/h1,5-12,14H,13H2,2-3H3/b18-14+,22-21?. The third-order valence-electron chi connectivity index (χ3n) is 3.80. The Morgan fingerprint density at radius 3 is 2.70 bits per heavy atom. The van der Waals surface area contributed by atoms with Crippen LogP contribution in [0, 0.1) is 12.3 Å². The predicted molar refractivity (Wildman–Crippen MR) is 109 cm³/mol. The lowest BCUT2D eigenvalue weighted by Crippen LogP contribution is -2.23. The lowest BCUT2D eigenvalue weighted by atomic mass is 10.1. The van der Waals surface area contributed by atoms with Crippen LogP contribution in [-0.4, -0.2) is 36.7 Å². The van der Waals surface area contributed by atoms with E-state index in [1.165, 1.54) is 16.7 Å². The van der Waals surface area contributed by atoms with Crippen LogP contribution in [-0.2, 0) is 4.79 Å². The van der Waals surface area contributed by atoms with Gasteiger partial charge in [-0.25, -0.2) is 4.99 Å². The Labute approximate surface area is 162 Å². The van der Waals surface area contributed by atoms with Crippen molar-refractivity contribution < 1.29 is 14.3 Å². The van der Waals surface area contributed by atoms with E-state index in [-0.39, 0.29) is 12.5 Å². The number of rotatable bonds is 5. The van der Waals surface area contributed by atoms with Gasteiger partial charge >= 0.3 is 0 Å². The van der Waals surface area contributed by atoms with Gasteiger partial charge in [0.25, 0.3) is 5.91 Å². The molecule has 0 N–H and O–H groups in total. The number of terminal acetylenes is 1. The highest BCUT2D eigenvalue weighted by molar-refractivity contribution is 8.18. The van der Waals surface area contributed by atoms with Crippen LogP contribution < -0.4 is 9.47 Å². The second-order valence-corrected chi connectivity index (χ2v) is 6.59. The van der Waals surface area contributed by atoms with Crippen LogP contribution in [0.15, 0.2) is 58.4 Å². The largest absolute Gasteiger partial charge is 0.493 e. The molecular weight excluding hydrogens is 360 g/mol. The second-order valence-electron chi connectivity index (χ2n) is 5.58. The van der Waals surface area contributed by atoms with Gasteiger partial charge in [0.15, 0.2) is 16.7 Å². The van der Waals surface area contributed by atoms with Gasteiger partial charge in [-0.05, 0) is 36.0 Å². The molecule has 0 atom stereocenters. The monoisotopic (exact) mass is 378 g/mol. The molecule has 1 fully saturated rings. The molecule has 6 heteroatoms. The number of thioether (sulfide) groups is 1. The fourth-order valence-corrected chi connectivity index (χ4v) is 3.46. The molecule has 1 aliphatic rings. The quantitative estimate of drug-likeness (QED) is 0.584. The zero-order chi connectivity index (χ0) is 19.2. The third-order valence-corrected chi connectivity index (χ3v) is 4.86. The number of ether oxygens (including phenoxy) is 2. The fraction of sp³-hybridized carbons (Fsp3) is 0.143. The Balaban J connectivity index is 1.95. The average molecular weight is 378 g/mol. The van der Waals surface area contributed by atoms with E-state index in [1.807, 2.05) is 42.5 Å². The zero-order valence-electron chi connectivity index (χ0n) is 15.0. The third kappa shape index (κ3) is 4.15. The minimum atomic E-state index is -0.125. The van der Waals surface area contributed by atoms with Gasteiger partial charge < -0.3 is 9.47 Å². The summed E-state index contributed by atoms with van der Waals surface area (Å²) >= 11 is 1.31. The molecule has 2 aromatic carbocycles. The van der Waals surface area contributed by atoms with E-state index < -0.39 is 0 Å². The molecule has 1 heterocycles. The van der Waals surface area contributed by atoms with E-state index in [9.17, 15) is 4.79 Å². The summed E-state index contributed by atoms with van der Waals surface area (Å²) in [4.78, 5) is 19.3. The van der Waals surface area contributed by atoms with Crippen LogP contribution >= 0.6 is 11.8 Å². The van der Waals surface area contributed by atoms with Crippen LogP contribution in [0.25, 0.3) is 6.08 Å². The van der Waals surface area contributed by atoms with Crippen molar-refractivity contribution in [3.8, 4) is 23.8 Å². The molecule has 0 radical (unpaired) electrons. The maximum absolute atomic E-state index is 12.6. The maximum Gasteiger partial charge on any atom is 0.266 e. The highest BCUT2D eigenvalue weighted by Crippen LogP contribution is 2.37. The molecule has 0 aliphatic carbocycles. The van der Waals surface area contributed by atoms with Crippen molar-refractivity contribution in [1.82, 2.24) is 4.90 Å². The SMILES string of the molecule is C#CCOc1c(/C=C2/SC(=Nc3ccccc3)N(C)C2=O)cccc1OC. The highest BCUT2D eigenvalue weighted by atomic mass is 32.2. The van der Waals surface area contributed by atoms with Gasteiger partial charge in [-0.15, -0.1) is 6.42 Å². The van der Waals surface area contributed by atoms with Crippen molar-refractivity contribution in [2.45, 2.75) is 0 Å². The zero-order valence-corrected chi connectivity index (χ0v) is 15.8. The van der Waals surface area contributed by atoms with Crippen molar-refractivity contribution in [3.05, 3.63) is 59.0 Å². The molecule has 0 aromatic heterocycles. The molecule has 3 rings (SSSR count). The van der Waals surface area contributed by atoms with Gasteiger partial charge in [-0.3, -0.25) is 9.69 Å². The molecule has 0 saturated carbocycles. The maximum atomic E-state index is 12.6. The summed E-state index contributed by atoms with van der Waals surface area (Å²) in [5.74, 6) is 3.38. The van der Waals surface area contributed by atoms with Gasteiger partial charge in [0.05, 0.1) is 17.7 Å². The van der Waals surface area contributed by atoms with Gasteiger partial charge in [-0.2, -0.15) is 0 Å². The van der Waals surface area contributed by atoms with Crippen molar-refractivity contribution in [2.75, 3.05) is 20.8 Å². The van der Waals surface area contributed by atoms with Crippen molar-refractivity contribution in [1.29, 1.82) is 0 Å². The first-order chi connectivity index (χ1) is 13.1. The molecule has 0 spiro atoms. The number of aliphatic imine (C=N–C) groups is 1. The number of methoxy groups -OCH3 is 1. The Morgan fingerprint density at radius 1 is 1.22 bits per heavy atom. The van der Waals surface area contributed by atoms with Gasteiger partial charge in [0.1, 0.15) is 6.61 Å². The molecular formula is C21H18N2O3S. The summed E-state index contributed by atoms with van der Waals surface area (Å²) in [6, 6.07) is 15.0. The molecule has 0 bridgehead atoms. The predicted octanol–water partition coefficient (Wildman–Crippen LogP) is 3.94. The number of carbonyl (C=O) groups excluding carboxylic acids is 1. The first-order valence-electron chi connectivity index (χ1n) is 8.18. The van der Waals surface area contributed by atoms with Crippen LogP contribution in [0.3, 0.4) is 0 Å². The Kier molecular flexibility index (Phi) is 5.84. The highest BCUT2D eigenvalue weighted by Gasteiger charge is 2.30. The molecule has 136 valence electrons. The van der Waals surface area contributed by atoms with E-state index in [4.69, 9.17) is 15.9 Å². The second kappa shape index (κ2) is 8.47. The molecule has 1 aliphatic heterocycles. The number of nitrogens with zero attached hydrogens (tertiary/aromatic N) is 2. The van der Waals surface area contributed by atoms with E-state index >= 15 is 0 Å². The van der Waals surface area contributed by atoms with Crippen LogP contribution in [0.1, 0.15) is 5.56 Å². The smallest absolute Gasteiger partial charge is 0.266 e. The lowest BCUT2D eigenvalue weighted by Gasteiger charge is -2.11. The van der Waals surface area contributed by atoms with Crippen molar-refractivity contribution >= 4 is 34.6 Å². The summed E-state index contributed by atoms with van der Waals surface area (Å²) in [5.41, 5.74) is 1.51. The molecule has 5 nitrogen and oxygen atoms in total. The Morgan fingerprint density at radius 2 is 2.00 bits per heavy atom. The molecule has 27 heavy (non-hydrogen) atoms. The Bertz CT molecular complexity index is 946. The van der Waals surface area contributed by atoms with Crippen LogP contribution in [0.4, 0.5) is 5.69 Å². The summed E-state index contributed by atoms with van der Waals surface area (Å²) in [5, 5.41) is 0.617. The van der Waals surface area contributed by atoms with Gasteiger partial charge in [-0.1, -0.05) is 36.3 Å². The number of hydrogen-bond acceptors (Lipinski definition) is 5. The topological polar surface area (TPSA) is 51.1 Å². The molecule has 1 saturated heterocycles. The minimum absolute atomic E-state index is 0.109. The average Bonchev–Trinajstić information content (AvgIpc) is 2.95. The van der Waals surface area contributed by atoms with Crippen LogP contribution in [0.5, 0.6) is 11.5 Å². The van der Waals surface area contributed by atoms with E-state index in [1.54, 1.807) is 26.3 Å². The first-order valence-corrected chi connectivity index (χ1v) is 9.00. The number of amidine groups is 1. The Hall–Kier alpha value is -3.17. The number of amides is 1. The fourth-order valence-electron chi connectivity index (χ4n) is 2.48. The van der Waals surface area contributed by atoms with Gasteiger partial charge in [0, 0.05) is 12.6 Å². The van der Waals surface area contributed by atoms with Crippen molar-refractivity contribution in [3.63, 3.8) is 0 Å². The van der Waals surface area contributed by atoms with Crippen molar-refractivity contribution in [2.24, 2.45) is 4.99 Å². The van der Waals surface area contributed by atoms with E-state index in [0.717, 1.165) is 11.3 Å². The molecule has 2 aromatic rings. The first kappa shape index (κ1) is 18.6. The summed E-state index contributed by atoms with van der Waals surface area (Å²) in [6.45, 7) is 0.109. The number of carbonyl (C=O) groups is 1. The number of likely N-dealkylation sites (N-methyl/N-ethyl adjacent to an activating group) is 1. The molecule has 0 unspecified atom stereocenters. The summed E-state index contributed by atoms with van der Waals surface area (Å²) < 4.78 is 11.0. The summed E-state index contributed by atoms with van der Waals surface area (Å²) in [6.07, 6.45) is 7.07.